The van der Waals surface area contributed by atoms with Gasteiger partial charge >= 0.3 is 0 Å². The molecule has 0 radical (unpaired) electrons. The van der Waals surface area contributed by atoms with Gasteiger partial charge in [0.25, 0.3) is 11.8 Å². The highest BCUT2D eigenvalue weighted by molar-refractivity contribution is 5.96. The van der Waals surface area contributed by atoms with Gasteiger partial charge < -0.3 is 19.4 Å². The first-order valence-electron chi connectivity index (χ1n) is 9.04. The van der Waals surface area contributed by atoms with Crippen LogP contribution in [-0.4, -0.2) is 28.0 Å². The lowest BCUT2D eigenvalue weighted by Gasteiger charge is -2.08. The van der Waals surface area contributed by atoms with Crippen LogP contribution in [0.4, 0.5) is 5.69 Å². The highest BCUT2D eigenvalue weighted by Gasteiger charge is 2.17. The molecule has 0 unspecified atom stereocenters. The molecule has 0 aliphatic carbocycles. The first kappa shape index (κ1) is 19.3. The molecule has 0 spiro atoms. The summed E-state index contributed by atoms with van der Waals surface area (Å²) >= 11 is 0. The molecule has 0 atom stereocenters. The number of azo groups is 1. The minimum Gasteiger partial charge on any atom is -0.493 e. The Bertz CT molecular complexity index is 1000. The Hall–Kier alpha value is -3.42. The summed E-state index contributed by atoms with van der Waals surface area (Å²) < 4.78 is 6.72. The van der Waals surface area contributed by atoms with Crippen LogP contribution in [0.3, 0.4) is 0 Å². The Kier molecular flexibility index (Phi) is 5.88. The molecular weight excluding hydrogens is 360 g/mol. The number of fused-ring (bicyclic) bond motifs is 1. The zero-order chi connectivity index (χ0) is 20.1. The van der Waals surface area contributed by atoms with E-state index in [2.05, 4.69) is 29.4 Å². The van der Waals surface area contributed by atoms with Crippen molar-refractivity contribution in [1.82, 2.24) is 9.88 Å². The number of carbonyl (C=O) groups excluding carboxylic acids is 2. The zero-order valence-corrected chi connectivity index (χ0v) is 15.8. The second kappa shape index (κ2) is 8.51. The van der Waals surface area contributed by atoms with Crippen molar-refractivity contribution in [2.45, 2.75) is 26.8 Å². The molecule has 0 aliphatic rings. The molecule has 28 heavy (non-hydrogen) atoms. The smallest absolute Gasteiger partial charge is 0.287 e. The average Bonchev–Trinajstić information content (AvgIpc) is 3.30. The van der Waals surface area contributed by atoms with Crippen LogP contribution in [0.15, 0.2) is 57.3 Å². The van der Waals surface area contributed by atoms with Crippen LogP contribution in [0.1, 0.15) is 30.8 Å². The number of hydrogen-bond donors (Lipinski definition) is 2. The van der Waals surface area contributed by atoms with E-state index < -0.39 is 11.8 Å². The number of nitrogens with one attached hydrogen (secondary N) is 1. The fourth-order valence-corrected chi connectivity index (χ4v) is 2.78. The Morgan fingerprint density at radius 3 is 2.71 bits per heavy atom. The number of para-hydroxylation sites is 1. The van der Waals surface area contributed by atoms with E-state index in [4.69, 9.17) is 4.42 Å². The summed E-state index contributed by atoms with van der Waals surface area (Å²) in [7, 11) is 0. The Morgan fingerprint density at radius 1 is 1.21 bits per heavy atom. The maximum absolute atomic E-state index is 12.0. The molecule has 2 N–H and O–H groups in total. The van der Waals surface area contributed by atoms with Gasteiger partial charge in [-0.1, -0.05) is 32.0 Å². The van der Waals surface area contributed by atoms with Gasteiger partial charge in [0, 0.05) is 11.9 Å². The van der Waals surface area contributed by atoms with E-state index in [1.165, 1.54) is 12.3 Å². The fourth-order valence-electron chi connectivity index (χ4n) is 2.78. The van der Waals surface area contributed by atoms with E-state index in [9.17, 15) is 14.7 Å². The van der Waals surface area contributed by atoms with Crippen LogP contribution in [0.5, 0.6) is 5.88 Å². The van der Waals surface area contributed by atoms with Crippen molar-refractivity contribution in [1.29, 1.82) is 0 Å². The number of carbonyl (C=O) groups is 2. The van der Waals surface area contributed by atoms with Gasteiger partial charge in [0.15, 0.2) is 11.4 Å². The van der Waals surface area contributed by atoms with Crippen LogP contribution >= 0.6 is 0 Å². The van der Waals surface area contributed by atoms with Crippen LogP contribution in [-0.2, 0) is 11.3 Å². The number of rotatable bonds is 7. The van der Waals surface area contributed by atoms with Gasteiger partial charge in [-0.2, -0.15) is 0 Å². The summed E-state index contributed by atoms with van der Waals surface area (Å²) in [6.07, 6.45) is 2.26. The minimum absolute atomic E-state index is 0.0296. The largest absolute Gasteiger partial charge is 0.493 e. The number of benzene rings is 1. The number of aromatic nitrogens is 1. The topological polar surface area (TPSA) is 109 Å². The molecule has 2 amide bonds. The van der Waals surface area contributed by atoms with Crippen molar-refractivity contribution >= 4 is 28.4 Å². The molecule has 0 bridgehead atoms. The summed E-state index contributed by atoms with van der Waals surface area (Å²) in [6, 6.07) is 10.5. The Balaban J connectivity index is 1.75. The molecule has 3 aromatic rings. The van der Waals surface area contributed by atoms with Gasteiger partial charge in [0.05, 0.1) is 11.8 Å². The average molecular weight is 382 g/mol. The molecule has 0 fully saturated rings. The van der Waals surface area contributed by atoms with Crippen LogP contribution in [0.25, 0.3) is 10.9 Å². The lowest BCUT2D eigenvalue weighted by Crippen LogP contribution is -2.28. The maximum Gasteiger partial charge on any atom is 0.287 e. The third-order valence-electron chi connectivity index (χ3n) is 4.25. The van der Waals surface area contributed by atoms with Crippen LogP contribution in [0, 0.1) is 5.92 Å². The van der Waals surface area contributed by atoms with Gasteiger partial charge in [-0.25, -0.2) is 0 Å². The van der Waals surface area contributed by atoms with Crippen LogP contribution in [0.2, 0.25) is 0 Å². The van der Waals surface area contributed by atoms with Gasteiger partial charge in [-0.15, -0.1) is 10.2 Å². The normalized spacial score (nSPS) is 11.5. The minimum atomic E-state index is -0.640. The van der Waals surface area contributed by atoms with E-state index in [1.54, 1.807) is 10.6 Å². The molecular formula is C20H22N4O4. The third kappa shape index (κ3) is 4.28. The maximum atomic E-state index is 12.0. The number of hydrogen-bond acceptors (Lipinski definition) is 5. The second-order valence-corrected chi connectivity index (χ2v) is 6.78. The number of amides is 2. The first-order valence-corrected chi connectivity index (χ1v) is 9.04. The van der Waals surface area contributed by atoms with Gasteiger partial charge in [0.1, 0.15) is 6.54 Å². The quantitative estimate of drug-likeness (QED) is 0.601. The second-order valence-electron chi connectivity index (χ2n) is 6.78. The summed E-state index contributed by atoms with van der Waals surface area (Å²) in [4.78, 5) is 23.7. The number of aromatic hydroxyl groups is 1. The summed E-state index contributed by atoms with van der Waals surface area (Å²) in [5, 5.41) is 21.3. The van der Waals surface area contributed by atoms with Crippen molar-refractivity contribution < 1.29 is 19.1 Å². The Morgan fingerprint density at radius 2 is 2.00 bits per heavy atom. The zero-order valence-electron chi connectivity index (χ0n) is 15.8. The van der Waals surface area contributed by atoms with E-state index in [1.807, 2.05) is 24.3 Å². The lowest BCUT2D eigenvalue weighted by atomic mass is 10.1. The highest BCUT2D eigenvalue weighted by atomic mass is 16.3. The molecule has 8 heteroatoms. The third-order valence-corrected chi connectivity index (χ3v) is 4.25. The van der Waals surface area contributed by atoms with E-state index >= 15 is 0 Å². The Labute approximate surface area is 161 Å². The summed E-state index contributed by atoms with van der Waals surface area (Å²) in [6.45, 7) is 4.53. The van der Waals surface area contributed by atoms with Gasteiger partial charge in [-0.05, 0) is 30.5 Å². The molecule has 2 heterocycles. The monoisotopic (exact) mass is 382 g/mol. The van der Waals surface area contributed by atoms with E-state index in [0.717, 1.165) is 11.9 Å². The van der Waals surface area contributed by atoms with E-state index in [-0.39, 0.29) is 23.9 Å². The van der Waals surface area contributed by atoms with Crippen molar-refractivity contribution in [3.63, 3.8) is 0 Å². The van der Waals surface area contributed by atoms with Gasteiger partial charge in [-0.3, -0.25) is 9.59 Å². The van der Waals surface area contributed by atoms with Gasteiger partial charge in [0.2, 0.25) is 5.88 Å². The fraction of sp³-hybridized carbons (Fsp3) is 0.300. The lowest BCUT2D eigenvalue weighted by molar-refractivity contribution is -0.117. The molecule has 3 rings (SSSR count). The molecule has 0 aliphatic heterocycles. The number of furan rings is 1. The SMILES string of the molecule is CC(C)CCn1c(O)c(N=NC(=O)CNC(=O)c2ccco2)c2ccccc21. The number of aryl methyl sites for hydroxylation is 1. The van der Waals surface area contributed by atoms with E-state index in [0.29, 0.717) is 17.8 Å². The van der Waals surface area contributed by atoms with Crippen molar-refractivity contribution in [3.05, 3.63) is 48.4 Å². The predicted molar refractivity (Wildman–Crippen MR) is 104 cm³/mol. The first-order chi connectivity index (χ1) is 13.5. The predicted octanol–water partition coefficient (Wildman–Crippen LogP) is 4.03. The molecule has 2 aromatic heterocycles. The standard InChI is InChI=1S/C20H22N4O4/c1-13(2)9-10-24-15-7-4-3-6-14(15)18(20(24)27)23-22-17(25)12-21-19(26)16-8-5-11-28-16/h3-8,11,13,27H,9-10,12H2,1-2H3,(H,21,26). The summed E-state index contributed by atoms with van der Waals surface area (Å²) in [5.41, 5.74) is 1.07. The highest BCUT2D eigenvalue weighted by Crippen LogP contribution is 2.39. The van der Waals surface area contributed by atoms with Crippen molar-refractivity contribution in [2.75, 3.05) is 6.54 Å². The summed E-state index contributed by atoms with van der Waals surface area (Å²) in [5.74, 6) is -0.599. The van der Waals surface area contributed by atoms with Crippen LogP contribution < -0.4 is 5.32 Å². The van der Waals surface area contributed by atoms with Crippen molar-refractivity contribution in [2.24, 2.45) is 16.1 Å². The molecule has 146 valence electrons. The molecule has 0 saturated heterocycles. The molecule has 1 aromatic carbocycles. The molecule has 0 saturated carbocycles. The van der Waals surface area contributed by atoms with Crippen molar-refractivity contribution in [3.8, 4) is 5.88 Å². The number of nitrogens with zero attached hydrogens (tertiary/aromatic N) is 3. The molecule has 8 nitrogen and oxygen atoms in total.